The van der Waals surface area contributed by atoms with E-state index in [0.29, 0.717) is 25.3 Å². The van der Waals surface area contributed by atoms with Gasteiger partial charge in [-0.3, -0.25) is 9.79 Å². The van der Waals surface area contributed by atoms with Gasteiger partial charge in [-0.1, -0.05) is 0 Å². The van der Waals surface area contributed by atoms with Gasteiger partial charge in [0, 0.05) is 18.5 Å². The molecule has 0 atom stereocenters. The molecule has 0 rings (SSSR count). The van der Waals surface area contributed by atoms with E-state index in [4.69, 9.17) is 11.5 Å². The van der Waals surface area contributed by atoms with Crippen molar-refractivity contribution in [3.63, 3.8) is 0 Å². The maximum atomic E-state index is 10.4. The quantitative estimate of drug-likeness (QED) is 0.337. The van der Waals surface area contributed by atoms with Crippen LogP contribution < -0.4 is 16.8 Å². The number of nitrogens with one attached hydrogen (secondary N) is 1. The molecule has 14 heavy (non-hydrogen) atoms. The van der Waals surface area contributed by atoms with Crippen molar-refractivity contribution in [2.24, 2.45) is 16.5 Å². The number of rotatable bonds is 4. The van der Waals surface area contributed by atoms with Gasteiger partial charge in [0.25, 0.3) is 0 Å². The highest BCUT2D eigenvalue weighted by Gasteiger charge is 2.09. The Morgan fingerprint density at radius 3 is 2.36 bits per heavy atom. The van der Waals surface area contributed by atoms with Gasteiger partial charge in [0.1, 0.15) is 0 Å². The van der Waals surface area contributed by atoms with Crippen LogP contribution in [-0.2, 0) is 4.79 Å². The normalized spacial score (nSPS) is 12.6. The number of amides is 1. The van der Waals surface area contributed by atoms with Gasteiger partial charge in [-0.05, 0) is 27.2 Å². The summed E-state index contributed by atoms with van der Waals surface area (Å²) in [7, 11) is 0. The maximum absolute atomic E-state index is 10.4. The fourth-order valence-electron chi connectivity index (χ4n) is 0.877. The molecule has 0 aromatic heterocycles. The number of carbonyl (C=O) groups is 1. The van der Waals surface area contributed by atoms with Crippen LogP contribution in [0.15, 0.2) is 4.99 Å². The van der Waals surface area contributed by atoms with E-state index in [1.165, 1.54) is 0 Å². The molecule has 5 N–H and O–H groups in total. The van der Waals surface area contributed by atoms with Crippen LogP contribution >= 0.6 is 0 Å². The molecule has 0 heterocycles. The van der Waals surface area contributed by atoms with Crippen LogP contribution in [-0.4, -0.2) is 24.0 Å². The van der Waals surface area contributed by atoms with E-state index in [9.17, 15) is 4.79 Å². The molecule has 0 aliphatic rings. The number of hydrogen-bond donors (Lipinski definition) is 3. The molecule has 0 fully saturated rings. The minimum absolute atomic E-state index is 0.0860. The molecule has 5 nitrogen and oxygen atoms in total. The summed E-state index contributed by atoms with van der Waals surface area (Å²) in [5.74, 6) is 0.101. The van der Waals surface area contributed by atoms with Crippen molar-refractivity contribution in [3.05, 3.63) is 0 Å². The van der Waals surface area contributed by atoms with Crippen molar-refractivity contribution in [2.45, 2.75) is 39.2 Å². The maximum Gasteiger partial charge on any atom is 0.217 e. The summed E-state index contributed by atoms with van der Waals surface area (Å²) in [4.78, 5) is 14.5. The zero-order chi connectivity index (χ0) is 11.2. The van der Waals surface area contributed by atoms with E-state index < -0.39 is 0 Å². The summed E-state index contributed by atoms with van der Waals surface area (Å²) in [6.45, 7) is 6.52. The van der Waals surface area contributed by atoms with Gasteiger partial charge < -0.3 is 16.8 Å². The third kappa shape index (κ3) is 8.83. The van der Waals surface area contributed by atoms with Gasteiger partial charge >= 0.3 is 0 Å². The Bertz CT molecular complexity index is 217. The van der Waals surface area contributed by atoms with Crippen molar-refractivity contribution in [3.8, 4) is 0 Å². The summed E-state index contributed by atoms with van der Waals surface area (Å²) in [6.07, 6.45) is 0.994. The van der Waals surface area contributed by atoms with E-state index >= 15 is 0 Å². The molecule has 0 aromatic rings. The van der Waals surface area contributed by atoms with Gasteiger partial charge in [0.2, 0.25) is 5.91 Å². The third-order valence-corrected chi connectivity index (χ3v) is 1.37. The average molecular weight is 200 g/mol. The minimum Gasteiger partial charge on any atom is -0.370 e. The van der Waals surface area contributed by atoms with Crippen molar-refractivity contribution in [1.29, 1.82) is 0 Å². The van der Waals surface area contributed by atoms with Crippen LogP contribution in [0.3, 0.4) is 0 Å². The van der Waals surface area contributed by atoms with Crippen molar-refractivity contribution < 1.29 is 4.79 Å². The van der Waals surface area contributed by atoms with Gasteiger partial charge in [-0.25, -0.2) is 0 Å². The lowest BCUT2D eigenvalue weighted by Gasteiger charge is -2.20. The first-order chi connectivity index (χ1) is 6.31. The molecule has 0 spiro atoms. The molecule has 0 aliphatic heterocycles. The van der Waals surface area contributed by atoms with E-state index in [1.54, 1.807) is 0 Å². The SMILES string of the molecule is CC(C)(C)NC(N)=NCCCC(N)=O. The Hall–Kier alpha value is -1.26. The van der Waals surface area contributed by atoms with Crippen LogP contribution in [0.2, 0.25) is 0 Å². The average Bonchev–Trinajstić information content (AvgIpc) is 1.94. The zero-order valence-corrected chi connectivity index (χ0v) is 9.13. The number of carbonyl (C=O) groups excluding carboxylic acids is 1. The van der Waals surface area contributed by atoms with Crippen molar-refractivity contribution >= 4 is 11.9 Å². The lowest BCUT2D eigenvalue weighted by Crippen LogP contribution is -2.45. The van der Waals surface area contributed by atoms with Crippen LogP contribution in [0, 0.1) is 0 Å². The Labute approximate surface area is 84.9 Å². The molecule has 82 valence electrons. The predicted octanol–water partition coefficient (Wildman–Crippen LogP) is -0.0453. The van der Waals surface area contributed by atoms with Gasteiger partial charge in [0.15, 0.2) is 5.96 Å². The molecule has 0 saturated heterocycles. The van der Waals surface area contributed by atoms with Gasteiger partial charge in [-0.2, -0.15) is 0 Å². The first-order valence-corrected chi connectivity index (χ1v) is 4.67. The Balaban J connectivity index is 3.72. The Kier molecular flexibility index (Phi) is 4.97. The van der Waals surface area contributed by atoms with E-state index in [1.807, 2.05) is 20.8 Å². The molecule has 5 heteroatoms. The summed E-state index contributed by atoms with van der Waals surface area (Å²) in [6, 6.07) is 0. The highest BCUT2D eigenvalue weighted by Crippen LogP contribution is 1.97. The fourth-order valence-corrected chi connectivity index (χ4v) is 0.877. The number of guanidine groups is 1. The molecular formula is C9H20N4O. The molecule has 0 unspecified atom stereocenters. The molecule has 0 aliphatic carbocycles. The second-order valence-electron chi connectivity index (χ2n) is 4.21. The summed E-state index contributed by atoms with van der Waals surface area (Å²) in [5, 5.41) is 3.02. The van der Waals surface area contributed by atoms with E-state index in [2.05, 4.69) is 10.3 Å². The second kappa shape index (κ2) is 5.47. The lowest BCUT2D eigenvalue weighted by molar-refractivity contribution is -0.118. The van der Waals surface area contributed by atoms with Crippen LogP contribution in [0.4, 0.5) is 0 Å². The highest BCUT2D eigenvalue weighted by molar-refractivity contribution is 5.78. The smallest absolute Gasteiger partial charge is 0.217 e. The number of aliphatic imine (C=N–C) groups is 1. The van der Waals surface area contributed by atoms with Gasteiger partial charge in [0.05, 0.1) is 0 Å². The monoisotopic (exact) mass is 200 g/mol. The fraction of sp³-hybridized carbons (Fsp3) is 0.778. The van der Waals surface area contributed by atoms with Crippen LogP contribution in [0.25, 0.3) is 0 Å². The number of nitrogens with two attached hydrogens (primary N) is 2. The van der Waals surface area contributed by atoms with E-state index in [0.717, 1.165) is 0 Å². The first-order valence-electron chi connectivity index (χ1n) is 4.67. The molecule has 1 amide bonds. The molecule has 0 saturated carbocycles. The highest BCUT2D eigenvalue weighted by atomic mass is 16.1. The summed E-state index contributed by atoms with van der Waals surface area (Å²) < 4.78 is 0. The van der Waals surface area contributed by atoms with Crippen molar-refractivity contribution in [1.82, 2.24) is 5.32 Å². The van der Waals surface area contributed by atoms with Crippen LogP contribution in [0.5, 0.6) is 0 Å². The number of hydrogen-bond acceptors (Lipinski definition) is 2. The standard InChI is InChI=1S/C9H20N4O/c1-9(2,3)13-8(11)12-6-4-5-7(10)14/h4-6H2,1-3H3,(H2,10,14)(H3,11,12,13). The molecule has 0 aromatic carbocycles. The number of primary amides is 1. The lowest BCUT2D eigenvalue weighted by atomic mass is 10.1. The predicted molar refractivity (Wildman–Crippen MR) is 57.8 cm³/mol. The zero-order valence-electron chi connectivity index (χ0n) is 9.13. The minimum atomic E-state index is -0.303. The number of nitrogens with zero attached hydrogens (tertiary/aromatic N) is 1. The Morgan fingerprint density at radius 1 is 1.36 bits per heavy atom. The Morgan fingerprint density at radius 2 is 1.93 bits per heavy atom. The topological polar surface area (TPSA) is 93.5 Å². The van der Waals surface area contributed by atoms with Crippen LogP contribution in [0.1, 0.15) is 33.6 Å². The molecule has 0 radical (unpaired) electrons. The summed E-state index contributed by atoms with van der Waals surface area (Å²) in [5.41, 5.74) is 10.5. The largest absolute Gasteiger partial charge is 0.370 e. The van der Waals surface area contributed by atoms with E-state index in [-0.39, 0.29) is 11.4 Å². The first kappa shape index (κ1) is 12.7. The van der Waals surface area contributed by atoms with Crippen molar-refractivity contribution in [2.75, 3.05) is 6.54 Å². The third-order valence-electron chi connectivity index (χ3n) is 1.37. The van der Waals surface area contributed by atoms with Gasteiger partial charge in [-0.15, -0.1) is 0 Å². The molecular weight excluding hydrogens is 180 g/mol. The molecule has 0 bridgehead atoms. The summed E-state index contributed by atoms with van der Waals surface area (Å²) >= 11 is 0. The second-order valence-corrected chi connectivity index (χ2v) is 4.21.